The van der Waals surface area contributed by atoms with Gasteiger partial charge in [0, 0.05) is 6.54 Å². The van der Waals surface area contributed by atoms with Crippen molar-refractivity contribution in [2.75, 3.05) is 13.1 Å². The van der Waals surface area contributed by atoms with Crippen LogP contribution in [-0.4, -0.2) is 41.9 Å². The number of amides is 6. The second-order valence-electron chi connectivity index (χ2n) is 7.66. The van der Waals surface area contributed by atoms with Crippen LogP contribution in [0.1, 0.15) is 26.3 Å². The van der Waals surface area contributed by atoms with Crippen LogP contribution in [0.25, 0.3) is 10.8 Å². The van der Waals surface area contributed by atoms with E-state index in [0.717, 1.165) is 15.7 Å². The summed E-state index contributed by atoms with van der Waals surface area (Å²) in [5.74, 6) is -1.06. The van der Waals surface area contributed by atoms with Crippen LogP contribution in [0.3, 0.4) is 0 Å². The molecule has 2 aromatic rings. The molecule has 8 heteroatoms. The summed E-state index contributed by atoms with van der Waals surface area (Å²) in [6.07, 6.45) is 0. The van der Waals surface area contributed by atoms with Crippen molar-refractivity contribution < 1.29 is 19.2 Å². The number of fused-ring (bicyclic) bond motifs is 1. The Kier molecular flexibility index (Phi) is 5.54. The molecule has 0 bridgehead atoms. The molecule has 1 aliphatic heterocycles. The highest BCUT2D eigenvalue weighted by Gasteiger charge is 2.49. The Morgan fingerprint density at radius 3 is 2.48 bits per heavy atom. The average molecular weight is 396 g/mol. The summed E-state index contributed by atoms with van der Waals surface area (Å²) in [5.41, 5.74) is -0.673. The number of carbonyl (C=O) groups excluding carboxylic acids is 4. The van der Waals surface area contributed by atoms with Crippen molar-refractivity contribution in [2.45, 2.75) is 26.3 Å². The maximum Gasteiger partial charge on any atom is 0.325 e. The third kappa shape index (κ3) is 4.21. The van der Waals surface area contributed by atoms with Gasteiger partial charge in [-0.1, -0.05) is 50.2 Å². The van der Waals surface area contributed by atoms with Crippen molar-refractivity contribution in [3.8, 4) is 0 Å². The second-order valence-corrected chi connectivity index (χ2v) is 7.66. The molecule has 29 heavy (non-hydrogen) atoms. The molecule has 1 aliphatic rings. The minimum absolute atomic E-state index is 0.226. The molecule has 0 radical (unpaired) electrons. The van der Waals surface area contributed by atoms with E-state index in [-0.39, 0.29) is 5.92 Å². The highest BCUT2D eigenvalue weighted by molar-refractivity contribution is 6.10. The normalized spacial score (nSPS) is 18.8. The van der Waals surface area contributed by atoms with E-state index in [9.17, 15) is 19.2 Å². The molecule has 0 spiro atoms. The lowest BCUT2D eigenvalue weighted by Gasteiger charge is -2.22. The fourth-order valence-electron chi connectivity index (χ4n) is 3.19. The Hall–Kier alpha value is -3.42. The molecule has 1 heterocycles. The first-order chi connectivity index (χ1) is 13.7. The molecule has 1 saturated heterocycles. The lowest BCUT2D eigenvalue weighted by Crippen LogP contribution is -2.47. The quantitative estimate of drug-likeness (QED) is 0.673. The number of carbonyl (C=O) groups is 4. The van der Waals surface area contributed by atoms with E-state index in [1.54, 1.807) is 13.0 Å². The van der Waals surface area contributed by atoms with Gasteiger partial charge in [-0.05, 0) is 35.2 Å². The molecule has 0 aromatic heterocycles. The summed E-state index contributed by atoms with van der Waals surface area (Å²) in [6.45, 7) is 5.31. The van der Waals surface area contributed by atoms with Gasteiger partial charge >= 0.3 is 12.1 Å². The van der Waals surface area contributed by atoms with Crippen molar-refractivity contribution in [1.82, 2.24) is 20.9 Å². The predicted octanol–water partition coefficient (Wildman–Crippen LogP) is 2.09. The summed E-state index contributed by atoms with van der Waals surface area (Å²) in [6, 6.07) is 11.9. The van der Waals surface area contributed by atoms with Crippen molar-refractivity contribution in [3.05, 3.63) is 48.0 Å². The molecule has 0 aliphatic carbocycles. The number of imide groups is 2. The Bertz CT molecular complexity index is 988. The highest BCUT2D eigenvalue weighted by Crippen LogP contribution is 2.30. The van der Waals surface area contributed by atoms with Gasteiger partial charge in [0.15, 0.2) is 0 Å². The van der Waals surface area contributed by atoms with Crippen molar-refractivity contribution in [1.29, 1.82) is 0 Å². The van der Waals surface area contributed by atoms with Crippen molar-refractivity contribution in [2.24, 2.45) is 5.92 Å². The van der Waals surface area contributed by atoms with Crippen LogP contribution < -0.4 is 16.0 Å². The van der Waals surface area contributed by atoms with Gasteiger partial charge in [0.25, 0.3) is 5.91 Å². The van der Waals surface area contributed by atoms with Crippen LogP contribution in [0.4, 0.5) is 9.59 Å². The zero-order chi connectivity index (χ0) is 21.2. The number of hydrogen-bond donors (Lipinski definition) is 3. The van der Waals surface area contributed by atoms with E-state index in [2.05, 4.69) is 16.0 Å². The van der Waals surface area contributed by atoms with Gasteiger partial charge in [0.2, 0.25) is 5.91 Å². The monoisotopic (exact) mass is 396 g/mol. The highest BCUT2D eigenvalue weighted by atomic mass is 16.2. The Morgan fingerprint density at radius 2 is 1.79 bits per heavy atom. The van der Waals surface area contributed by atoms with Crippen LogP contribution in [0.2, 0.25) is 0 Å². The van der Waals surface area contributed by atoms with Gasteiger partial charge < -0.3 is 10.6 Å². The van der Waals surface area contributed by atoms with Gasteiger partial charge in [0.1, 0.15) is 12.1 Å². The third-order valence-electron chi connectivity index (χ3n) is 4.83. The summed E-state index contributed by atoms with van der Waals surface area (Å²) in [7, 11) is 0. The first-order valence-electron chi connectivity index (χ1n) is 9.42. The second kappa shape index (κ2) is 7.90. The minimum atomic E-state index is -1.29. The van der Waals surface area contributed by atoms with E-state index < -0.39 is 36.0 Å². The van der Waals surface area contributed by atoms with Crippen LogP contribution in [0.15, 0.2) is 42.5 Å². The molecule has 1 fully saturated rings. The molecule has 2 aromatic carbocycles. The van der Waals surface area contributed by atoms with Gasteiger partial charge in [-0.2, -0.15) is 0 Å². The lowest BCUT2D eigenvalue weighted by atomic mass is 9.90. The standard InChI is InChI=1S/C21H24N4O4/c1-13(2)11-22-19(28)23-17(26)12-25-18(27)21(3,24-20(25)29)16-9-8-14-6-4-5-7-15(14)10-16/h4-10,13H,11-12H2,1-3H3,(H,24,29)(H2,22,23,26,28)/t21-/m1/s1. The largest absolute Gasteiger partial charge is 0.338 e. The van der Waals surface area contributed by atoms with Crippen LogP contribution >= 0.6 is 0 Å². The zero-order valence-electron chi connectivity index (χ0n) is 16.6. The molecule has 3 rings (SSSR count). The maximum atomic E-state index is 13.0. The minimum Gasteiger partial charge on any atom is -0.338 e. The molecule has 6 amide bonds. The molecule has 3 N–H and O–H groups in total. The SMILES string of the molecule is CC(C)CNC(=O)NC(=O)CN1C(=O)N[C@](C)(c2ccc3ccccc3c2)C1=O. The molecule has 8 nitrogen and oxygen atoms in total. The molecular weight excluding hydrogens is 372 g/mol. The average Bonchev–Trinajstić information content (AvgIpc) is 2.90. The summed E-state index contributed by atoms with van der Waals surface area (Å²) in [4.78, 5) is 50.0. The Balaban J connectivity index is 1.72. The maximum absolute atomic E-state index is 13.0. The topological polar surface area (TPSA) is 108 Å². The van der Waals surface area contributed by atoms with E-state index in [1.807, 2.05) is 50.2 Å². The number of nitrogens with zero attached hydrogens (tertiary/aromatic N) is 1. The predicted molar refractivity (Wildman–Crippen MR) is 108 cm³/mol. The molecule has 1 atom stereocenters. The van der Waals surface area contributed by atoms with E-state index in [0.29, 0.717) is 12.1 Å². The van der Waals surface area contributed by atoms with Gasteiger partial charge in [0.05, 0.1) is 0 Å². The van der Waals surface area contributed by atoms with Crippen LogP contribution in [0.5, 0.6) is 0 Å². The number of urea groups is 2. The summed E-state index contributed by atoms with van der Waals surface area (Å²) >= 11 is 0. The van der Waals surface area contributed by atoms with Gasteiger partial charge in [-0.25, -0.2) is 9.59 Å². The fraction of sp³-hybridized carbons (Fsp3) is 0.333. The van der Waals surface area contributed by atoms with Crippen LogP contribution in [0, 0.1) is 5.92 Å². The Morgan fingerprint density at radius 1 is 1.10 bits per heavy atom. The summed E-state index contributed by atoms with van der Waals surface area (Å²) in [5, 5.41) is 9.29. The number of benzene rings is 2. The van der Waals surface area contributed by atoms with Crippen LogP contribution in [-0.2, 0) is 15.1 Å². The van der Waals surface area contributed by atoms with Gasteiger partial charge in [-0.15, -0.1) is 0 Å². The van der Waals surface area contributed by atoms with E-state index in [4.69, 9.17) is 0 Å². The molecule has 0 saturated carbocycles. The lowest BCUT2D eigenvalue weighted by molar-refractivity contribution is -0.134. The van der Waals surface area contributed by atoms with Gasteiger partial charge in [-0.3, -0.25) is 19.8 Å². The number of nitrogens with one attached hydrogen (secondary N) is 3. The Labute approximate surface area is 168 Å². The number of rotatable bonds is 5. The summed E-state index contributed by atoms with van der Waals surface area (Å²) < 4.78 is 0. The fourth-order valence-corrected chi connectivity index (χ4v) is 3.19. The van der Waals surface area contributed by atoms with E-state index in [1.165, 1.54) is 0 Å². The molecule has 152 valence electrons. The molecular formula is C21H24N4O4. The van der Waals surface area contributed by atoms with Crippen molar-refractivity contribution in [3.63, 3.8) is 0 Å². The first-order valence-corrected chi connectivity index (χ1v) is 9.42. The van der Waals surface area contributed by atoms with E-state index >= 15 is 0 Å². The first kappa shape index (κ1) is 20.3. The molecule has 0 unspecified atom stereocenters. The zero-order valence-corrected chi connectivity index (χ0v) is 16.6. The van der Waals surface area contributed by atoms with Crippen molar-refractivity contribution >= 4 is 34.6 Å². The number of hydrogen-bond acceptors (Lipinski definition) is 4. The third-order valence-corrected chi connectivity index (χ3v) is 4.83. The smallest absolute Gasteiger partial charge is 0.325 e.